The van der Waals surface area contributed by atoms with Gasteiger partial charge in [-0.2, -0.15) is 6.42 Å². The summed E-state index contributed by atoms with van der Waals surface area (Å²) in [5.41, 5.74) is 0. The minimum Gasteiger partial charge on any atom is -0.375 e. The minimum atomic E-state index is 0. The monoisotopic (exact) mass is 90.1 g/mol. The van der Waals surface area contributed by atoms with E-state index < -0.39 is 0 Å². The van der Waals surface area contributed by atoms with Gasteiger partial charge in [0.05, 0.1) is 0 Å². The van der Waals surface area contributed by atoms with Crippen molar-refractivity contribution in [2.75, 3.05) is 6.54 Å². The third-order valence-corrected chi connectivity index (χ3v) is 0.878. The normalized spacial score (nSPS) is 26.1. The Kier molecular flexibility index (Phi) is 3.83. The fraction of sp³-hybridized carbons (Fsp3) is 0.600. The van der Waals surface area contributed by atoms with E-state index in [-0.39, 0.29) is 18.9 Å². The van der Waals surface area contributed by atoms with Crippen molar-refractivity contribution >= 4 is 0 Å². The van der Waals surface area contributed by atoms with Gasteiger partial charge in [-0.15, -0.1) is 12.6 Å². The van der Waals surface area contributed by atoms with Gasteiger partial charge in [0.2, 0.25) is 0 Å². The second-order valence-electron chi connectivity index (χ2n) is 1.53. The van der Waals surface area contributed by atoms with Gasteiger partial charge < -0.3 is 18.7 Å². The first-order valence-electron chi connectivity index (χ1n) is 2.29. The van der Waals surface area contributed by atoms with Crippen molar-refractivity contribution in [3.63, 3.8) is 0 Å². The Morgan fingerprint density at radius 2 is 2.43 bits per heavy atom. The number of rotatable bonds is 2. The predicted octanol–water partition coefficient (Wildman–Crippen LogP) is -2.61. The van der Waals surface area contributed by atoms with Crippen LogP contribution in [0, 0.1) is 13.3 Å². The van der Waals surface area contributed by atoms with Crippen LogP contribution in [0.5, 0.6) is 0 Å². The Bertz CT molecular complexity index is 43.3. The number of hydrogen-bond donors (Lipinski definition) is 1. The van der Waals surface area contributed by atoms with Crippen LogP contribution >= 0.6 is 0 Å². The Morgan fingerprint density at radius 3 is 2.57 bits per heavy atom. The van der Waals surface area contributed by atoms with Crippen LogP contribution in [0.25, 0.3) is 0 Å². The van der Waals surface area contributed by atoms with Crippen LogP contribution in [0.4, 0.5) is 0 Å². The van der Waals surface area contributed by atoms with Crippen LogP contribution in [-0.4, -0.2) is 12.6 Å². The van der Waals surface area contributed by atoms with Crippen molar-refractivity contribution in [2.45, 2.75) is 12.5 Å². The Balaban J connectivity index is 0.000000360. The predicted molar refractivity (Wildman–Crippen MR) is 26.1 cm³/mol. The van der Waals surface area contributed by atoms with Gasteiger partial charge in [-0.1, -0.05) is 0 Å². The first-order chi connectivity index (χ1) is 2.93. The molecule has 1 aliphatic rings. The average Bonchev–Trinajstić information content (AvgIpc) is 2.21. The fourth-order valence-electron chi connectivity index (χ4n) is 0.420. The average molecular weight is 90.1 g/mol. The fourth-order valence-corrected chi connectivity index (χ4v) is 0.420. The zero-order chi connectivity index (χ0) is 4.41. The van der Waals surface area contributed by atoms with E-state index in [4.69, 9.17) is 0 Å². The van der Waals surface area contributed by atoms with Gasteiger partial charge in [0.25, 0.3) is 0 Å². The zero-order valence-electron chi connectivity index (χ0n) is 4.78. The van der Waals surface area contributed by atoms with Crippen LogP contribution in [-0.2, 0) is 0 Å². The van der Waals surface area contributed by atoms with E-state index in [1.54, 1.807) is 0 Å². The van der Waals surface area contributed by atoms with E-state index in [9.17, 15) is 0 Å². The van der Waals surface area contributed by atoms with Gasteiger partial charge in [0.15, 0.2) is 0 Å². The molecule has 1 unspecified atom stereocenters. The first-order valence-corrected chi connectivity index (χ1v) is 2.29. The molecule has 0 aromatic heterocycles. The summed E-state index contributed by atoms with van der Waals surface area (Å²) >= 11 is 0. The second-order valence-corrected chi connectivity index (χ2v) is 1.53. The summed E-state index contributed by atoms with van der Waals surface area (Å²) < 4.78 is 0. The number of hydrogen-bond acceptors (Lipinski definition) is 1. The largest absolute Gasteiger partial charge is 1.00 e. The molecule has 1 nitrogen and oxygen atoms in total. The van der Waals surface area contributed by atoms with E-state index >= 15 is 0 Å². The summed E-state index contributed by atoms with van der Waals surface area (Å²) in [5, 5.41) is 3.15. The Morgan fingerprint density at radius 1 is 1.86 bits per heavy atom. The molecule has 1 aliphatic carbocycles. The summed E-state index contributed by atoms with van der Waals surface area (Å²) in [5.74, 6) is 0. The molecule has 1 rings (SSSR count). The molecule has 36 valence electrons. The SMILES string of the molecule is [CH2-]CNC1[CH-]C1.[Li+]. The molecule has 2 heteroatoms. The third-order valence-electron chi connectivity index (χ3n) is 0.878. The van der Waals surface area contributed by atoms with Gasteiger partial charge in [0, 0.05) is 0 Å². The molecule has 1 saturated carbocycles. The summed E-state index contributed by atoms with van der Waals surface area (Å²) in [4.78, 5) is 0. The molecule has 0 heterocycles. The molecule has 7 heavy (non-hydrogen) atoms. The zero-order valence-corrected chi connectivity index (χ0v) is 4.78. The second kappa shape index (κ2) is 3.55. The molecule has 0 radical (unpaired) electrons. The topological polar surface area (TPSA) is 12.0 Å². The van der Waals surface area contributed by atoms with Crippen molar-refractivity contribution < 1.29 is 18.9 Å². The molecule has 0 bridgehead atoms. The van der Waals surface area contributed by atoms with Crippen LogP contribution in [0.1, 0.15) is 6.42 Å². The molecule has 0 aliphatic heterocycles. The van der Waals surface area contributed by atoms with Gasteiger partial charge in [-0.05, 0) is 0 Å². The van der Waals surface area contributed by atoms with E-state index in [0.29, 0.717) is 6.04 Å². The molecule has 1 atom stereocenters. The maximum absolute atomic E-state index is 3.63. The Labute approximate surface area is 57.0 Å². The maximum atomic E-state index is 3.63. The van der Waals surface area contributed by atoms with Crippen LogP contribution in [0.2, 0.25) is 0 Å². The quantitative estimate of drug-likeness (QED) is 0.289. The van der Waals surface area contributed by atoms with Crippen LogP contribution in [0.3, 0.4) is 0 Å². The first kappa shape index (κ1) is 7.56. The van der Waals surface area contributed by atoms with E-state index in [0.717, 1.165) is 6.54 Å². The molecule has 0 aromatic carbocycles. The van der Waals surface area contributed by atoms with Gasteiger partial charge in [0.1, 0.15) is 0 Å². The molecular formula is C5H9LiN-. The van der Waals surface area contributed by atoms with E-state index in [1.807, 2.05) is 0 Å². The Hall–Kier alpha value is 0.557. The van der Waals surface area contributed by atoms with Gasteiger partial charge >= 0.3 is 18.9 Å². The van der Waals surface area contributed by atoms with Crippen LogP contribution < -0.4 is 24.2 Å². The summed E-state index contributed by atoms with van der Waals surface area (Å²) in [7, 11) is 0. The third kappa shape index (κ3) is 3.17. The summed E-state index contributed by atoms with van der Waals surface area (Å²) in [6, 6.07) is 0.711. The van der Waals surface area contributed by atoms with Crippen molar-refractivity contribution in [3.8, 4) is 0 Å². The van der Waals surface area contributed by atoms with Crippen molar-refractivity contribution in [2.24, 2.45) is 0 Å². The molecule has 0 saturated heterocycles. The van der Waals surface area contributed by atoms with Crippen molar-refractivity contribution in [1.82, 2.24) is 5.32 Å². The van der Waals surface area contributed by atoms with Crippen LogP contribution in [0.15, 0.2) is 0 Å². The smallest absolute Gasteiger partial charge is 0.375 e. The molecule has 0 aromatic rings. The maximum Gasteiger partial charge on any atom is 1.00 e. The van der Waals surface area contributed by atoms with Gasteiger partial charge in [-0.25, -0.2) is 0 Å². The minimum absolute atomic E-state index is 0. The summed E-state index contributed by atoms with van der Waals surface area (Å²) in [6.45, 7) is 4.50. The van der Waals surface area contributed by atoms with Gasteiger partial charge in [-0.3, -0.25) is 0 Å². The molecule has 1 fully saturated rings. The molecule has 0 spiro atoms. The van der Waals surface area contributed by atoms with Crippen molar-refractivity contribution in [1.29, 1.82) is 0 Å². The summed E-state index contributed by atoms with van der Waals surface area (Å²) in [6.07, 6.45) is 3.47. The number of nitrogens with one attached hydrogen (secondary N) is 1. The molecule has 1 N–H and O–H groups in total. The van der Waals surface area contributed by atoms with E-state index in [2.05, 4.69) is 18.7 Å². The molecule has 0 amide bonds. The molecular weight excluding hydrogens is 81.0 g/mol. The van der Waals surface area contributed by atoms with E-state index in [1.165, 1.54) is 6.42 Å². The van der Waals surface area contributed by atoms with Crippen molar-refractivity contribution in [3.05, 3.63) is 13.3 Å². The standard InChI is InChI=1S/C5H9N.Li/c1-2-6-5-3-4-5;/h3,5-6H,1-2,4H2;/q-2;+1.